The second-order valence-electron chi connectivity index (χ2n) is 4.69. The zero-order chi connectivity index (χ0) is 18.0. The van der Waals surface area contributed by atoms with Gasteiger partial charge in [-0.2, -0.15) is 13.2 Å². The first-order chi connectivity index (χ1) is 11.1. The molecule has 14 heteroatoms. The van der Waals surface area contributed by atoms with Crippen LogP contribution in [0.3, 0.4) is 0 Å². The van der Waals surface area contributed by atoms with Gasteiger partial charge in [0.05, 0.1) is 24.8 Å². The number of alkyl halides is 5. The lowest BCUT2D eigenvalue weighted by molar-refractivity contribution is -0.137. The van der Waals surface area contributed by atoms with Gasteiger partial charge in [0.25, 0.3) is 11.8 Å². The minimum atomic E-state index is -4.53. The maximum Gasteiger partial charge on any atom is 0.417 e. The van der Waals surface area contributed by atoms with Crippen molar-refractivity contribution < 1.29 is 26.7 Å². The minimum Gasteiger partial charge on any atom is -0.344 e. The standard InChI is InChI=1S/C12H11F5N6O.2ClH/c13-11(14,5-18)6-20-10(24)8-4-23(22-21-8)9-2-1-7(3-19-9)12(15,16)17;;/h1-4H,5-6,18H2,(H,20,24);2*1H. The van der Waals surface area contributed by atoms with Crippen molar-refractivity contribution in [1.82, 2.24) is 25.3 Å². The number of amides is 1. The quantitative estimate of drug-likeness (QED) is 0.716. The van der Waals surface area contributed by atoms with Crippen molar-refractivity contribution >= 4 is 30.7 Å². The normalized spacial score (nSPS) is 11.3. The highest BCUT2D eigenvalue weighted by Crippen LogP contribution is 2.28. The van der Waals surface area contributed by atoms with Gasteiger partial charge >= 0.3 is 6.18 Å². The van der Waals surface area contributed by atoms with Crippen LogP contribution in [-0.2, 0) is 6.18 Å². The molecule has 0 spiro atoms. The Labute approximate surface area is 156 Å². The smallest absolute Gasteiger partial charge is 0.344 e. The van der Waals surface area contributed by atoms with Gasteiger partial charge < -0.3 is 11.1 Å². The van der Waals surface area contributed by atoms with Crippen molar-refractivity contribution in [3.63, 3.8) is 0 Å². The Bertz CT molecular complexity index is 722. The molecule has 0 aliphatic heterocycles. The van der Waals surface area contributed by atoms with Gasteiger partial charge in [0.2, 0.25) is 0 Å². The molecule has 2 rings (SSSR count). The van der Waals surface area contributed by atoms with Crippen molar-refractivity contribution in [3.8, 4) is 5.82 Å². The van der Waals surface area contributed by atoms with Crippen LogP contribution in [-0.4, -0.2) is 44.9 Å². The van der Waals surface area contributed by atoms with Gasteiger partial charge in [0.1, 0.15) is 0 Å². The van der Waals surface area contributed by atoms with Crippen LogP contribution in [0.4, 0.5) is 22.0 Å². The van der Waals surface area contributed by atoms with E-state index in [-0.39, 0.29) is 36.3 Å². The number of aromatic nitrogens is 4. The molecule has 146 valence electrons. The average molecular weight is 423 g/mol. The van der Waals surface area contributed by atoms with Crippen molar-refractivity contribution in [1.29, 1.82) is 0 Å². The lowest BCUT2D eigenvalue weighted by Gasteiger charge is -2.13. The van der Waals surface area contributed by atoms with E-state index in [1.165, 1.54) is 0 Å². The van der Waals surface area contributed by atoms with Gasteiger partial charge in [-0.3, -0.25) is 4.79 Å². The number of carbonyl (C=O) groups is 1. The monoisotopic (exact) mass is 422 g/mol. The van der Waals surface area contributed by atoms with Gasteiger partial charge in [0.15, 0.2) is 11.5 Å². The van der Waals surface area contributed by atoms with Crippen LogP contribution >= 0.6 is 24.8 Å². The molecular weight excluding hydrogens is 410 g/mol. The summed E-state index contributed by atoms with van der Waals surface area (Å²) in [6.07, 6.45) is -2.89. The SMILES string of the molecule is Cl.Cl.NCC(F)(F)CNC(=O)c1cn(-c2ccc(C(F)(F)F)cn2)nn1. The first-order valence-electron chi connectivity index (χ1n) is 6.44. The van der Waals surface area contributed by atoms with E-state index in [1.807, 2.05) is 5.32 Å². The topological polar surface area (TPSA) is 98.7 Å². The van der Waals surface area contributed by atoms with E-state index in [1.54, 1.807) is 0 Å². The Morgan fingerprint density at radius 2 is 1.85 bits per heavy atom. The second-order valence-corrected chi connectivity index (χ2v) is 4.69. The molecule has 26 heavy (non-hydrogen) atoms. The molecule has 0 fully saturated rings. The van der Waals surface area contributed by atoms with Crippen LogP contribution in [0, 0.1) is 0 Å². The van der Waals surface area contributed by atoms with Crippen molar-refractivity contribution in [3.05, 3.63) is 35.8 Å². The van der Waals surface area contributed by atoms with Crippen LogP contribution in [0.25, 0.3) is 5.82 Å². The molecule has 2 aromatic heterocycles. The molecule has 0 radical (unpaired) electrons. The fourth-order valence-corrected chi connectivity index (χ4v) is 1.54. The van der Waals surface area contributed by atoms with Crippen LogP contribution < -0.4 is 11.1 Å². The van der Waals surface area contributed by atoms with Crippen LogP contribution in [0.1, 0.15) is 16.1 Å². The van der Waals surface area contributed by atoms with E-state index in [0.717, 1.165) is 23.0 Å². The summed E-state index contributed by atoms with van der Waals surface area (Å²) in [7, 11) is 0. The Hall–Kier alpha value is -2.05. The van der Waals surface area contributed by atoms with Crippen LogP contribution in [0.5, 0.6) is 0 Å². The van der Waals surface area contributed by atoms with Gasteiger partial charge in [-0.25, -0.2) is 18.4 Å². The zero-order valence-electron chi connectivity index (χ0n) is 12.7. The highest BCUT2D eigenvalue weighted by Gasteiger charge is 2.31. The number of pyridine rings is 1. The Kier molecular flexibility index (Phi) is 8.34. The minimum absolute atomic E-state index is 0. The van der Waals surface area contributed by atoms with E-state index >= 15 is 0 Å². The number of carbonyl (C=O) groups excluding carboxylic acids is 1. The highest BCUT2D eigenvalue weighted by molar-refractivity contribution is 5.91. The summed E-state index contributed by atoms with van der Waals surface area (Å²) in [5.74, 6) is -4.22. The molecule has 0 aliphatic rings. The summed E-state index contributed by atoms with van der Waals surface area (Å²) < 4.78 is 64.2. The molecule has 1 amide bonds. The number of hydrogen-bond acceptors (Lipinski definition) is 5. The Balaban J connectivity index is 0.00000312. The van der Waals surface area contributed by atoms with Gasteiger partial charge in [-0.1, -0.05) is 5.21 Å². The number of hydrogen-bond donors (Lipinski definition) is 2. The van der Waals surface area contributed by atoms with Gasteiger partial charge in [-0.05, 0) is 12.1 Å². The molecule has 3 N–H and O–H groups in total. The Morgan fingerprint density at radius 3 is 2.35 bits per heavy atom. The van der Waals surface area contributed by atoms with Crippen LogP contribution in [0.2, 0.25) is 0 Å². The molecule has 0 bridgehead atoms. The number of nitrogens with zero attached hydrogens (tertiary/aromatic N) is 4. The molecule has 0 aromatic carbocycles. The van der Waals surface area contributed by atoms with E-state index in [0.29, 0.717) is 6.20 Å². The number of halogens is 7. The van der Waals surface area contributed by atoms with Crippen LogP contribution in [0.15, 0.2) is 24.5 Å². The third-order valence-electron chi connectivity index (χ3n) is 2.84. The molecular formula is C12H13Cl2F5N6O. The molecule has 0 saturated carbocycles. The second kappa shape index (κ2) is 9.05. The van der Waals surface area contributed by atoms with E-state index < -0.39 is 36.7 Å². The fraction of sp³-hybridized carbons (Fsp3) is 0.333. The highest BCUT2D eigenvalue weighted by atomic mass is 35.5. The maximum absolute atomic E-state index is 13.0. The predicted octanol–water partition coefficient (Wildman–Crippen LogP) is 1.85. The average Bonchev–Trinajstić information content (AvgIpc) is 3.02. The zero-order valence-corrected chi connectivity index (χ0v) is 14.3. The third kappa shape index (κ3) is 6.04. The lowest BCUT2D eigenvalue weighted by atomic mass is 10.3. The van der Waals surface area contributed by atoms with E-state index in [9.17, 15) is 26.7 Å². The largest absolute Gasteiger partial charge is 0.417 e. The fourth-order valence-electron chi connectivity index (χ4n) is 1.54. The Morgan fingerprint density at radius 1 is 1.19 bits per heavy atom. The van der Waals surface area contributed by atoms with Gasteiger partial charge in [-0.15, -0.1) is 29.9 Å². The summed E-state index contributed by atoms with van der Waals surface area (Å²) in [6, 6.07) is 1.81. The molecule has 2 heterocycles. The first kappa shape index (κ1) is 23.9. The molecule has 2 aromatic rings. The lowest BCUT2D eigenvalue weighted by Crippen LogP contribution is -2.41. The first-order valence-corrected chi connectivity index (χ1v) is 6.44. The third-order valence-corrected chi connectivity index (χ3v) is 2.84. The predicted molar refractivity (Wildman–Crippen MR) is 85.0 cm³/mol. The molecule has 0 atom stereocenters. The summed E-state index contributed by atoms with van der Waals surface area (Å²) in [4.78, 5) is 15.2. The number of nitrogens with one attached hydrogen (secondary N) is 1. The van der Waals surface area contributed by atoms with Crippen molar-refractivity contribution in [2.45, 2.75) is 12.1 Å². The molecule has 7 nitrogen and oxygen atoms in total. The summed E-state index contributed by atoms with van der Waals surface area (Å²) in [5.41, 5.74) is 3.58. The molecule has 0 aliphatic carbocycles. The van der Waals surface area contributed by atoms with Gasteiger partial charge in [0, 0.05) is 6.20 Å². The van der Waals surface area contributed by atoms with E-state index in [2.05, 4.69) is 15.3 Å². The maximum atomic E-state index is 13.0. The van der Waals surface area contributed by atoms with Crippen molar-refractivity contribution in [2.75, 3.05) is 13.1 Å². The summed E-state index contributed by atoms with van der Waals surface area (Å²) >= 11 is 0. The molecule has 0 unspecified atom stereocenters. The van der Waals surface area contributed by atoms with Crippen molar-refractivity contribution in [2.24, 2.45) is 5.73 Å². The van der Waals surface area contributed by atoms with E-state index in [4.69, 9.17) is 5.73 Å². The summed E-state index contributed by atoms with van der Waals surface area (Å²) in [5, 5.41) is 8.90. The summed E-state index contributed by atoms with van der Waals surface area (Å²) in [6.45, 7) is -1.91. The number of nitrogens with two attached hydrogens (primary N) is 1. The molecule has 0 saturated heterocycles. The number of rotatable bonds is 5.